The van der Waals surface area contributed by atoms with Crippen molar-refractivity contribution < 1.29 is 14.7 Å². The van der Waals surface area contributed by atoms with E-state index in [0.717, 1.165) is 6.08 Å². The quantitative estimate of drug-likeness (QED) is 0.674. The van der Waals surface area contributed by atoms with Crippen molar-refractivity contribution >= 4 is 17.8 Å². The maximum absolute atomic E-state index is 12.2. The van der Waals surface area contributed by atoms with Gasteiger partial charge in [0, 0.05) is 36.1 Å². The van der Waals surface area contributed by atoms with Crippen molar-refractivity contribution in [1.29, 1.82) is 0 Å². The molecule has 0 amide bonds. The van der Waals surface area contributed by atoms with E-state index >= 15 is 0 Å². The van der Waals surface area contributed by atoms with Gasteiger partial charge >= 0.3 is 5.97 Å². The first-order valence-corrected chi connectivity index (χ1v) is 5.75. The Balaban J connectivity index is 2.30. The summed E-state index contributed by atoms with van der Waals surface area (Å²) in [7, 11) is 1.77. The van der Waals surface area contributed by atoms with E-state index < -0.39 is 5.97 Å². The first kappa shape index (κ1) is 12.8. The van der Waals surface area contributed by atoms with Crippen molar-refractivity contribution in [2.45, 2.75) is 0 Å². The number of nitrogens with zero attached hydrogens (tertiary/aromatic N) is 1. The Morgan fingerprint density at radius 2 is 1.84 bits per heavy atom. The van der Waals surface area contributed by atoms with Crippen LogP contribution in [0.1, 0.15) is 21.6 Å². The summed E-state index contributed by atoms with van der Waals surface area (Å²) in [6.45, 7) is 0. The highest BCUT2D eigenvalue weighted by Gasteiger charge is 2.11. The Hall–Kier alpha value is -2.62. The third-order valence-corrected chi connectivity index (χ3v) is 2.74. The number of aliphatic carboxylic acids is 1. The summed E-state index contributed by atoms with van der Waals surface area (Å²) in [5, 5.41) is 8.60. The van der Waals surface area contributed by atoms with Gasteiger partial charge in [-0.2, -0.15) is 0 Å². The Morgan fingerprint density at radius 1 is 1.16 bits per heavy atom. The van der Waals surface area contributed by atoms with Crippen LogP contribution < -0.4 is 0 Å². The second-order valence-corrected chi connectivity index (χ2v) is 4.13. The fourth-order valence-electron chi connectivity index (χ4n) is 1.78. The Bertz CT molecular complexity index is 639. The maximum atomic E-state index is 12.2. The molecular weight excluding hydrogens is 242 g/mol. The van der Waals surface area contributed by atoms with E-state index in [1.54, 1.807) is 48.1 Å². The average Bonchev–Trinajstić information content (AvgIpc) is 2.78. The molecule has 19 heavy (non-hydrogen) atoms. The number of aryl methyl sites for hydroxylation is 1. The third-order valence-electron chi connectivity index (χ3n) is 2.74. The molecular formula is C15H13NO3. The summed E-state index contributed by atoms with van der Waals surface area (Å²) in [4.78, 5) is 22.7. The van der Waals surface area contributed by atoms with Crippen LogP contribution >= 0.6 is 0 Å². The van der Waals surface area contributed by atoms with Crippen molar-refractivity contribution in [2.75, 3.05) is 0 Å². The Labute approximate surface area is 110 Å². The van der Waals surface area contributed by atoms with Gasteiger partial charge in [0.15, 0.2) is 5.78 Å². The molecule has 0 bridgehead atoms. The van der Waals surface area contributed by atoms with E-state index in [2.05, 4.69) is 0 Å². The average molecular weight is 255 g/mol. The molecule has 0 atom stereocenters. The predicted molar refractivity (Wildman–Crippen MR) is 72.0 cm³/mol. The number of aromatic nitrogens is 1. The van der Waals surface area contributed by atoms with Gasteiger partial charge in [-0.3, -0.25) is 4.79 Å². The van der Waals surface area contributed by atoms with Gasteiger partial charge < -0.3 is 9.67 Å². The van der Waals surface area contributed by atoms with E-state index in [0.29, 0.717) is 16.8 Å². The van der Waals surface area contributed by atoms with Crippen LogP contribution in [-0.2, 0) is 11.8 Å². The topological polar surface area (TPSA) is 59.3 Å². The summed E-state index contributed by atoms with van der Waals surface area (Å²) >= 11 is 0. The molecule has 0 aliphatic heterocycles. The number of hydrogen-bond donors (Lipinski definition) is 1. The van der Waals surface area contributed by atoms with Crippen LogP contribution in [0.4, 0.5) is 0 Å². The first-order valence-electron chi connectivity index (χ1n) is 5.75. The summed E-state index contributed by atoms with van der Waals surface area (Å²) in [5.74, 6) is -1.09. The second kappa shape index (κ2) is 5.35. The number of carbonyl (C=O) groups excluding carboxylic acids is 1. The van der Waals surface area contributed by atoms with Gasteiger partial charge in [0.05, 0.1) is 0 Å². The second-order valence-electron chi connectivity index (χ2n) is 4.13. The molecule has 1 N–H and O–H groups in total. The molecule has 1 aromatic carbocycles. The van der Waals surface area contributed by atoms with E-state index in [-0.39, 0.29) is 5.78 Å². The molecule has 2 aromatic rings. The molecule has 0 spiro atoms. The zero-order valence-electron chi connectivity index (χ0n) is 10.4. The fraction of sp³-hybridized carbons (Fsp3) is 0.0667. The lowest BCUT2D eigenvalue weighted by Crippen LogP contribution is -1.99. The number of benzene rings is 1. The lowest BCUT2D eigenvalue weighted by molar-refractivity contribution is -0.131. The van der Waals surface area contributed by atoms with Gasteiger partial charge in [0.1, 0.15) is 0 Å². The van der Waals surface area contributed by atoms with Crippen molar-refractivity contribution in [3.63, 3.8) is 0 Å². The minimum atomic E-state index is -1.02. The SMILES string of the molecule is Cn1cc(C(=O)c2ccccc2)cc1/C=C/C(=O)O. The highest BCUT2D eigenvalue weighted by atomic mass is 16.4. The van der Waals surface area contributed by atoms with Crippen molar-refractivity contribution in [3.8, 4) is 0 Å². The standard InChI is InChI=1S/C15H13NO3/c1-16-10-12(9-13(16)7-8-14(17)18)15(19)11-5-3-2-4-6-11/h2-10H,1H3,(H,17,18)/b8-7+. The summed E-state index contributed by atoms with van der Waals surface area (Å²) in [6.07, 6.45) is 4.20. The van der Waals surface area contributed by atoms with Crippen molar-refractivity contribution in [1.82, 2.24) is 4.57 Å². The zero-order valence-corrected chi connectivity index (χ0v) is 10.4. The molecule has 4 nitrogen and oxygen atoms in total. The van der Waals surface area contributed by atoms with Gasteiger partial charge in [0.25, 0.3) is 0 Å². The van der Waals surface area contributed by atoms with E-state index in [1.165, 1.54) is 6.08 Å². The minimum absolute atomic E-state index is 0.0776. The number of rotatable bonds is 4. The van der Waals surface area contributed by atoms with Gasteiger partial charge in [-0.05, 0) is 12.1 Å². The Kier molecular flexibility index (Phi) is 3.61. The van der Waals surface area contributed by atoms with E-state index in [1.807, 2.05) is 6.07 Å². The van der Waals surface area contributed by atoms with Crippen LogP contribution in [-0.4, -0.2) is 21.4 Å². The molecule has 0 radical (unpaired) electrons. The molecule has 96 valence electrons. The van der Waals surface area contributed by atoms with E-state index in [4.69, 9.17) is 5.11 Å². The van der Waals surface area contributed by atoms with Gasteiger partial charge in [-0.25, -0.2) is 4.79 Å². The summed E-state index contributed by atoms with van der Waals surface area (Å²) < 4.78 is 1.72. The summed E-state index contributed by atoms with van der Waals surface area (Å²) in [6, 6.07) is 10.6. The summed E-state index contributed by atoms with van der Waals surface area (Å²) in [5.41, 5.74) is 1.82. The van der Waals surface area contributed by atoms with Crippen LogP contribution in [0.25, 0.3) is 6.08 Å². The molecule has 0 unspecified atom stereocenters. The monoisotopic (exact) mass is 255 g/mol. The first-order chi connectivity index (χ1) is 9.08. The molecule has 4 heteroatoms. The number of carboxylic acid groups (broad SMARTS) is 1. The zero-order chi connectivity index (χ0) is 13.8. The van der Waals surface area contributed by atoms with Crippen LogP contribution in [0.5, 0.6) is 0 Å². The molecule has 0 fully saturated rings. The van der Waals surface area contributed by atoms with Gasteiger partial charge in [-0.15, -0.1) is 0 Å². The number of carboxylic acids is 1. The van der Waals surface area contributed by atoms with Crippen LogP contribution in [0, 0.1) is 0 Å². The number of carbonyl (C=O) groups is 2. The highest BCUT2D eigenvalue weighted by Crippen LogP contribution is 2.14. The third kappa shape index (κ3) is 2.98. The molecule has 0 saturated carbocycles. The van der Waals surface area contributed by atoms with Crippen LogP contribution in [0.3, 0.4) is 0 Å². The predicted octanol–water partition coefficient (Wildman–Crippen LogP) is 2.35. The van der Waals surface area contributed by atoms with Gasteiger partial charge in [0.2, 0.25) is 0 Å². The van der Waals surface area contributed by atoms with Crippen LogP contribution in [0.15, 0.2) is 48.7 Å². The molecule has 0 aliphatic rings. The van der Waals surface area contributed by atoms with Crippen molar-refractivity contribution in [3.05, 3.63) is 65.5 Å². The molecule has 0 aliphatic carbocycles. The molecule has 0 saturated heterocycles. The fourth-order valence-corrected chi connectivity index (χ4v) is 1.78. The number of hydrogen-bond acceptors (Lipinski definition) is 2. The maximum Gasteiger partial charge on any atom is 0.328 e. The van der Waals surface area contributed by atoms with Gasteiger partial charge in [-0.1, -0.05) is 30.3 Å². The van der Waals surface area contributed by atoms with Crippen molar-refractivity contribution in [2.24, 2.45) is 7.05 Å². The lowest BCUT2D eigenvalue weighted by Gasteiger charge is -1.96. The van der Waals surface area contributed by atoms with Crippen LogP contribution in [0.2, 0.25) is 0 Å². The normalized spacial score (nSPS) is 10.8. The Morgan fingerprint density at radius 3 is 2.47 bits per heavy atom. The highest BCUT2D eigenvalue weighted by molar-refractivity contribution is 6.09. The molecule has 2 rings (SSSR count). The number of ketones is 1. The molecule has 1 aromatic heterocycles. The smallest absolute Gasteiger partial charge is 0.328 e. The lowest BCUT2D eigenvalue weighted by atomic mass is 10.1. The largest absolute Gasteiger partial charge is 0.478 e. The minimum Gasteiger partial charge on any atom is -0.478 e. The molecule has 1 heterocycles. The van der Waals surface area contributed by atoms with E-state index in [9.17, 15) is 9.59 Å².